The number of amides is 2. The number of phenols is 1. The summed E-state index contributed by atoms with van der Waals surface area (Å²) >= 11 is 6.12. The number of sulfone groups is 1. The van der Waals surface area contributed by atoms with Crippen molar-refractivity contribution in [2.45, 2.75) is 61.3 Å². The Kier molecular flexibility index (Phi) is 6.21. The Balaban J connectivity index is 1.82. The zero-order valence-electron chi connectivity index (χ0n) is 15.9. The molecule has 3 rings (SSSR count). The highest BCUT2D eigenvalue weighted by Crippen LogP contribution is 2.42. The second-order valence-corrected chi connectivity index (χ2v) is 9.86. The molecular formula is C19H25ClN2O5S. The van der Waals surface area contributed by atoms with Crippen LogP contribution in [0.5, 0.6) is 5.75 Å². The number of hydrogen-bond donors (Lipinski definition) is 3. The molecule has 0 spiro atoms. The number of aromatic hydroxyl groups is 1. The fraction of sp³-hybridized carbons (Fsp3) is 0.526. The lowest BCUT2D eigenvalue weighted by molar-refractivity contribution is 0.109. The van der Waals surface area contributed by atoms with Crippen LogP contribution in [0.4, 0.5) is 10.5 Å². The minimum atomic E-state index is -3.88. The molecule has 2 unspecified atom stereocenters. The van der Waals surface area contributed by atoms with E-state index in [0.717, 1.165) is 18.4 Å². The molecule has 0 heterocycles. The van der Waals surface area contributed by atoms with E-state index in [-0.39, 0.29) is 27.8 Å². The summed E-state index contributed by atoms with van der Waals surface area (Å²) in [6, 6.07) is 2.18. The molecule has 7 nitrogen and oxygen atoms in total. The maximum Gasteiger partial charge on any atom is 0.319 e. The van der Waals surface area contributed by atoms with Gasteiger partial charge >= 0.3 is 6.03 Å². The van der Waals surface area contributed by atoms with Crippen LogP contribution in [0.2, 0.25) is 5.02 Å². The molecule has 1 aromatic rings. The molecule has 0 aromatic heterocycles. The molecule has 3 N–H and O–H groups in total. The Morgan fingerprint density at radius 1 is 1.29 bits per heavy atom. The van der Waals surface area contributed by atoms with E-state index in [1.807, 2.05) is 6.92 Å². The van der Waals surface area contributed by atoms with Crippen LogP contribution < -0.4 is 10.6 Å². The normalized spacial score (nSPS) is 24.8. The van der Waals surface area contributed by atoms with Crippen LogP contribution in [0.15, 0.2) is 28.7 Å². The lowest BCUT2D eigenvalue weighted by Crippen LogP contribution is -2.37. The Bertz CT molecular complexity index is 900. The van der Waals surface area contributed by atoms with Crippen LogP contribution in [-0.4, -0.2) is 44.1 Å². The molecule has 28 heavy (non-hydrogen) atoms. The molecule has 1 aromatic carbocycles. The number of ether oxygens (including phenoxy) is 1. The average molecular weight is 429 g/mol. The number of phenolic OH excluding ortho intramolecular Hbond substituents is 1. The van der Waals surface area contributed by atoms with Crippen LogP contribution >= 0.6 is 11.6 Å². The van der Waals surface area contributed by atoms with Crippen molar-refractivity contribution < 1.29 is 23.1 Å². The summed E-state index contributed by atoms with van der Waals surface area (Å²) in [6.45, 7) is 1.94. The molecule has 9 heteroatoms. The van der Waals surface area contributed by atoms with Crippen molar-refractivity contribution in [1.29, 1.82) is 0 Å². The number of halogens is 1. The van der Waals surface area contributed by atoms with E-state index in [0.29, 0.717) is 19.3 Å². The van der Waals surface area contributed by atoms with Gasteiger partial charge in [-0.15, -0.1) is 0 Å². The fourth-order valence-electron chi connectivity index (χ4n) is 3.83. The molecule has 154 valence electrons. The van der Waals surface area contributed by atoms with Gasteiger partial charge in [0.1, 0.15) is 4.90 Å². The standard InChI is InChI=1S/C19H25ClN2O5S/c1-11-4-3-5-15(11)21-19(24)22-16-9-8-14(20)18(17(16)23)28(25,26)13-7-6-12(10-13)27-2/h4,8-9,12-13,15,23H,3,5-7,10H2,1-2H3,(H2,21,22,24)/t12?,13?,15-/m1/s1. The molecule has 0 aliphatic heterocycles. The highest BCUT2D eigenvalue weighted by Gasteiger charge is 2.38. The van der Waals surface area contributed by atoms with Gasteiger partial charge in [-0.05, 0) is 51.2 Å². The first-order valence-electron chi connectivity index (χ1n) is 9.26. The number of carbonyl (C=O) groups is 1. The van der Waals surface area contributed by atoms with Gasteiger partial charge in [-0.25, -0.2) is 13.2 Å². The van der Waals surface area contributed by atoms with Gasteiger partial charge < -0.3 is 20.5 Å². The summed E-state index contributed by atoms with van der Waals surface area (Å²) in [5.74, 6) is -0.540. The van der Waals surface area contributed by atoms with E-state index in [1.165, 1.54) is 12.1 Å². The number of rotatable bonds is 5. The van der Waals surface area contributed by atoms with Crippen LogP contribution in [0.1, 0.15) is 39.0 Å². The van der Waals surface area contributed by atoms with Crippen molar-refractivity contribution in [2.24, 2.45) is 0 Å². The molecule has 3 atom stereocenters. The van der Waals surface area contributed by atoms with Crippen molar-refractivity contribution in [1.82, 2.24) is 5.32 Å². The minimum Gasteiger partial charge on any atom is -0.504 e. The van der Waals surface area contributed by atoms with Crippen molar-refractivity contribution in [2.75, 3.05) is 12.4 Å². The number of methoxy groups -OCH3 is 1. The second kappa shape index (κ2) is 8.31. The minimum absolute atomic E-state index is 0.00129. The summed E-state index contributed by atoms with van der Waals surface area (Å²) in [5.41, 5.74) is 1.08. The molecule has 0 bridgehead atoms. The molecular weight excluding hydrogens is 404 g/mol. The number of anilines is 1. The third kappa shape index (κ3) is 4.14. The average Bonchev–Trinajstić information content (AvgIpc) is 3.27. The van der Waals surface area contributed by atoms with E-state index in [4.69, 9.17) is 16.3 Å². The zero-order valence-corrected chi connectivity index (χ0v) is 17.4. The molecule has 1 fully saturated rings. The second-order valence-electron chi connectivity index (χ2n) is 7.29. The lowest BCUT2D eigenvalue weighted by atomic mass is 10.2. The first-order valence-corrected chi connectivity index (χ1v) is 11.2. The Morgan fingerprint density at radius 2 is 2.04 bits per heavy atom. The molecule has 2 aliphatic carbocycles. The summed E-state index contributed by atoms with van der Waals surface area (Å²) in [4.78, 5) is 11.9. The lowest BCUT2D eigenvalue weighted by Gasteiger charge is -2.18. The largest absolute Gasteiger partial charge is 0.504 e. The van der Waals surface area contributed by atoms with E-state index in [1.54, 1.807) is 7.11 Å². The molecule has 0 radical (unpaired) electrons. The summed E-state index contributed by atoms with van der Waals surface area (Å²) in [5, 5.41) is 15.2. The summed E-state index contributed by atoms with van der Waals surface area (Å²) in [6.07, 6.45) is 5.05. The van der Waals surface area contributed by atoms with Gasteiger partial charge in [0.25, 0.3) is 0 Å². The number of hydrogen-bond acceptors (Lipinski definition) is 5. The first kappa shape index (κ1) is 21.0. The highest BCUT2D eigenvalue weighted by atomic mass is 35.5. The molecule has 2 aliphatic rings. The van der Waals surface area contributed by atoms with Gasteiger partial charge in [-0.3, -0.25) is 0 Å². The van der Waals surface area contributed by atoms with Crippen molar-refractivity contribution >= 4 is 33.2 Å². The third-order valence-electron chi connectivity index (χ3n) is 5.50. The molecule has 1 saturated carbocycles. The fourth-order valence-corrected chi connectivity index (χ4v) is 6.27. The quantitative estimate of drug-likeness (QED) is 0.490. The molecule has 0 saturated heterocycles. The highest BCUT2D eigenvalue weighted by molar-refractivity contribution is 7.92. The van der Waals surface area contributed by atoms with Crippen molar-refractivity contribution in [3.05, 3.63) is 28.8 Å². The summed E-state index contributed by atoms with van der Waals surface area (Å²) in [7, 11) is -2.33. The Morgan fingerprint density at radius 3 is 2.64 bits per heavy atom. The van der Waals surface area contributed by atoms with E-state index in [2.05, 4.69) is 16.7 Å². The number of benzene rings is 1. The van der Waals surface area contributed by atoms with Gasteiger partial charge in [-0.1, -0.05) is 23.3 Å². The third-order valence-corrected chi connectivity index (χ3v) is 8.22. The maximum atomic E-state index is 13.1. The van der Waals surface area contributed by atoms with E-state index in [9.17, 15) is 18.3 Å². The molecule has 2 amide bonds. The number of allylic oxidation sites excluding steroid dienone is 1. The smallest absolute Gasteiger partial charge is 0.319 e. The van der Waals surface area contributed by atoms with Gasteiger partial charge in [-0.2, -0.15) is 0 Å². The predicted molar refractivity (Wildman–Crippen MR) is 108 cm³/mol. The van der Waals surface area contributed by atoms with E-state index < -0.39 is 26.9 Å². The van der Waals surface area contributed by atoms with Crippen LogP contribution in [-0.2, 0) is 14.6 Å². The van der Waals surface area contributed by atoms with Gasteiger partial charge in [0.15, 0.2) is 15.6 Å². The van der Waals surface area contributed by atoms with Crippen LogP contribution in [0.25, 0.3) is 0 Å². The summed E-state index contributed by atoms with van der Waals surface area (Å²) < 4.78 is 31.4. The van der Waals surface area contributed by atoms with Crippen molar-refractivity contribution in [3.8, 4) is 5.75 Å². The van der Waals surface area contributed by atoms with Crippen LogP contribution in [0, 0.1) is 0 Å². The topological polar surface area (TPSA) is 105 Å². The number of nitrogens with one attached hydrogen (secondary N) is 2. The first-order chi connectivity index (χ1) is 13.2. The van der Waals surface area contributed by atoms with Crippen LogP contribution in [0.3, 0.4) is 0 Å². The van der Waals surface area contributed by atoms with E-state index >= 15 is 0 Å². The predicted octanol–water partition coefficient (Wildman–Crippen LogP) is 3.62. The van der Waals surface area contributed by atoms with Gasteiger partial charge in [0.05, 0.1) is 28.1 Å². The Labute approximate surface area is 170 Å². The number of urea groups is 1. The SMILES string of the molecule is COC1CCC(S(=O)(=O)c2c(Cl)ccc(NC(=O)N[C@@H]3CCC=C3C)c2O)C1. The van der Waals surface area contributed by atoms with Crippen molar-refractivity contribution in [3.63, 3.8) is 0 Å². The van der Waals surface area contributed by atoms with Gasteiger partial charge in [0, 0.05) is 7.11 Å². The number of carbonyl (C=O) groups excluding carboxylic acids is 1. The zero-order chi connectivity index (χ0) is 20.5. The monoisotopic (exact) mass is 428 g/mol. The maximum absolute atomic E-state index is 13.1. The van der Waals surface area contributed by atoms with Gasteiger partial charge in [0.2, 0.25) is 0 Å². The Hall–Kier alpha value is -1.77.